The lowest BCUT2D eigenvalue weighted by molar-refractivity contribution is -0.0288. The molecule has 1 N–H and O–H groups in total. The third-order valence-corrected chi connectivity index (χ3v) is 4.65. The number of nitrogens with one attached hydrogen (secondary N) is 1. The molecule has 8 heteroatoms. The third kappa shape index (κ3) is 5.03. The molecule has 3 rings (SSSR count). The van der Waals surface area contributed by atoms with E-state index >= 15 is 0 Å². The Hall–Kier alpha value is -1.96. The van der Waals surface area contributed by atoms with Crippen molar-refractivity contribution in [1.29, 1.82) is 0 Å². The molecule has 138 valence electrons. The van der Waals surface area contributed by atoms with Gasteiger partial charge in [0, 0.05) is 31.4 Å². The minimum atomic E-state index is -0.246. The van der Waals surface area contributed by atoms with E-state index < -0.39 is 0 Å². The van der Waals surface area contributed by atoms with Crippen LogP contribution in [0.15, 0.2) is 42.6 Å². The van der Waals surface area contributed by atoms with E-state index in [2.05, 4.69) is 10.3 Å². The van der Waals surface area contributed by atoms with Crippen molar-refractivity contribution in [3.05, 3.63) is 59.1 Å². The number of pyridine rings is 1. The Bertz CT molecular complexity index is 765. The van der Waals surface area contributed by atoms with Crippen LogP contribution in [0.3, 0.4) is 0 Å². The van der Waals surface area contributed by atoms with Gasteiger partial charge in [-0.15, -0.1) is 0 Å². The van der Waals surface area contributed by atoms with Gasteiger partial charge < -0.3 is 19.7 Å². The van der Waals surface area contributed by atoms with E-state index in [-0.39, 0.29) is 11.9 Å². The predicted molar refractivity (Wildman–Crippen MR) is 102 cm³/mol. The monoisotopic (exact) mass is 395 g/mol. The molecule has 1 fully saturated rings. The molecule has 1 aliphatic heterocycles. The Morgan fingerprint density at radius 1 is 1.38 bits per heavy atom. The summed E-state index contributed by atoms with van der Waals surface area (Å²) in [5, 5.41) is 3.99. The molecule has 1 aromatic heterocycles. The number of ether oxygens (including phenoxy) is 2. The van der Waals surface area contributed by atoms with Crippen molar-refractivity contribution in [1.82, 2.24) is 15.2 Å². The van der Waals surface area contributed by atoms with Crippen molar-refractivity contribution in [3.8, 4) is 5.75 Å². The molecule has 1 aliphatic rings. The summed E-state index contributed by atoms with van der Waals surface area (Å²) in [6.07, 6.45) is 1.46. The highest BCUT2D eigenvalue weighted by Crippen LogP contribution is 2.21. The lowest BCUT2D eigenvalue weighted by Crippen LogP contribution is -2.50. The van der Waals surface area contributed by atoms with Crippen LogP contribution < -0.4 is 10.1 Å². The van der Waals surface area contributed by atoms with Gasteiger partial charge in [0.15, 0.2) is 16.0 Å². The summed E-state index contributed by atoms with van der Waals surface area (Å²) in [6.45, 7) is 2.48. The quantitative estimate of drug-likeness (QED) is 0.620. The fourth-order valence-corrected chi connectivity index (χ4v) is 3.00. The van der Waals surface area contributed by atoms with Gasteiger partial charge in [-0.1, -0.05) is 29.8 Å². The van der Waals surface area contributed by atoms with Gasteiger partial charge in [-0.25, -0.2) is 9.37 Å². The van der Waals surface area contributed by atoms with Crippen molar-refractivity contribution < 1.29 is 13.9 Å². The van der Waals surface area contributed by atoms with Crippen molar-refractivity contribution in [2.45, 2.75) is 12.6 Å². The molecule has 0 radical (unpaired) electrons. The number of hydrogen-bond donors (Lipinski definition) is 1. The third-order valence-electron chi connectivity index (χ3n) is 3.96. The van der Waals surface area contributed by atoms with Crippen LogP contribution in [0.25, 0.3) is 0 Å². The van der Waals surface area contributed by atoms with Crippen LogP contribution in [0.1, 0.15) is 5.56 Å². The fourth-order valence-electron chi connectivity index (χ4n) is 2.59. The first-order valence-corrected chi connectivity index (χ1v) is 9.03. The van der Waals surface area contributed by atoms with Gasteiger partial charge >= 0.3 is 0 Å². The molecule has 0 bridgehead atoms. The molecule has 1 saturated heterocycles. The Morgan fingerprint density at radius 3 is 3.04 bits per heavy atom. The minimum Gasteiger partial charge on any atom is -0.488 e. The van der Waals surface area contributed by atoms with Crippen molar-refractivity contribution in [2.24, 2.45) is 0 Å². The summed E-state index contributed by atoms with van der Waals surface area (Å²) < 4.78 is 25.1. The molecular weight excluding hydrogens is 377 g/mol. The van der Waals surface area contributed by atoms with E-state index in [9.17, 15) is 4.39 Å². The van der Waals surface area contributed by atoms with Crippen molar-refractivity contribution in [2.75, 3.05) is 26.3 Å². The van der Waals surface area contributed by atoms with Crippen LogP contribution in [0.5, 0.6) is 5.75 Å². The lowest BCUT2D eigenvalue weighted by Gasteiger charge is -2.34. The lowest BCUT2D eigenvalue weighted by atomic mass is 10.2. The van der Waals surface area contributed by atoms with E-state index in [1.807, 2.05) is 4.90 Å². The van der Waals surface area contributed by atoms with E-state index in [1.165, 1.54) is 6.07 Å². The molecule has 5 nitrogen and oxygen atoms in total. The maximum atomic E-state index is 13.7. The first kappa shape index (κ1) is 18.8. The zero-order valence-corrected chi connectivity index (χ0v) is 15.6. The number of aromatic nitrogens is 1. The van der Waals surface area contributed by atoms with Gasteiger partial charge in [-0.05, 0) is 30.4 Å². The molecule has 1 atom stereocenters. The summed E-state index contributed by atoms with van der Waals surface area (Å²) in [7, 11) is 0. The van der Waals surface area contributed by atoms with Crippen molar-refractivity contribution in [3.63, 3.8) is 0 Å². The smallest absolute Gasteiger partial charge is 0.171 e. The van der Waals surface area contributed by atoms with Crippen LogP contribution in [-0.4, -0.2) is 47.4 Å². The fraction of sp³-hybridized carbons (Fsp3) is 0.333. The molecule has 2 heterocycles. The second-order valence-corrected chi connectivity index (χ2v) is 6.54. The largest absolute Gasteiger partial charge is 0.488 e. The summed E-state index contributed by atoms with van der Waals surface area (Å²) >= 11 is 11.4. The Kier molecular flexibility index (Phi) is 6.60. The first-order chi connectivity index (χ1) is 12.6. The van der Waals surface area contributed by atoms with Gasteiger partial charge in [0.25, 0.3) is 0 Å². The number of nitrogens with zero attached hydrogens (tertiary/aromatic N) is 2. The van der Waals surface area contributed by atoms with Crippen LogP contribution in [-0.2, 0) is 11.3 Å². The van der Waals surface area contributed by atoms with Crippen LogP contribution in [0, 0.1) is 5.82 Å². The number of benzene rings is 1. The molecule has 1 unspecified atom stereocenters. The number of rotatable bonds is 5. The SMILES string of the molecule is Fc1ccccc1CNC(=S)N1CCOC(COc2cccnc2Cl)C1. The zero-order chi connectivity index (χ0) is 18.4. The second kappa shape index (κ2) is 9.12. The minimum absolute atomic E-state index is 0.145. The summed E-state index contributed by atoms with van der Waals surface area (Å²) in [6, 6.07) is 10.2. The maximum Gasteiger partial charge on any atom is 0.171 e. The molecule has 0 spiro atoms. The summed E-state index contributed by atoms with van der Waals surface area (Å²) in [4.78, 5) is 5.97. The molecule has 26 heavy (non-hydrogen) atoms. The van der Waals surface area contributed by atoms with E-state index in [1.54, 1.807) is 36.5 Å². The van der Waals surface area contributed by atoms with E-state index in [0.717, 1.165) is 0 Å². The first-order valence-electron chi connectivity index (χ1n) is 8.24. The standard InChI is InChI=1S/C18H19ClFN3O2S/c19-17-16(6-3-7-21-17)25-12-14-11-23(8-9-24-14)18(26)22-10-13-4-1-2-5-15(13)20/h1-7,14H,8-12H2,(H,22,26). The van der Waals surface area contributed by atoms with E-state index in [4.69, 9.17) is 33.3 Å². The van der Waals surface area contributed by atoms with E-state index in [0.29, 0.717) is 54.4 Å². The molecular formula is C18H19ClFN3O2S. The number of morpholine rings is 1. The second-order valence-electron chi connectivity index (χ2n) is 5.79. The Labute approximate surface area is 162 Å². The maximum absolute atomic E-state index is 13.7. The summed E-state index contributed by atoms with van der Waals surface area (Å²) in [5.41, 5.74) is 0.578. The molecule has 2 aromatic rings. The van der Waals surface area contributed by atoms with Gasteiger partial charge in [0.2, 0.25) is 0 Å². The van der Waals surface area contributed by atoms with Gasteiger partial charge in [0.1, 0.15) is 18.5 Å². The van der Waals surface area contributed by atoms with Gasteiger partial charge in [-0.2, -0.15) is 0 Å². The zero-order valence-electron chi connectivity index (χ0n) is 14.0. The predicted octanol–water partition coefficient (Wildman–Crippen LogP) is 3.03. The molecule has 0 saturated carbocycles. The van der Waals surface area contributed by atoms with Gasteiger partial charge in [0.05, 0.1) is 6.61 Å². The Balaban J connectivity index is 1.49. The average molecular weight is 396 g/mol. The van der Waals surface area contributed by atoms with Crippen molar-refractivity contribution >= 4 is 28.9 Å². The van der Waals surface area contributed by atoms with Crippen LogP contribution >= 0.6 is 23.8 Å². The van der Waals surface area contributed by atoms with Gasteiger partial charge in [-0.3, -0.25) is 0 Å². The van der Waals surface area contributed by atoms with Crippen LogP contribution in [0.4, 0.5) is 4.39 Å². The number of thiocarbonyl (C=S) groups is 1. The Morgan fingerprint density at radius 2 is 2.23 bits per heavy atom. The van der Waals surface area contributed by atoms with Crippen LogP contribution in [0.2, 0.25) is 5.15 Å². The summed E-state index contributed by atoms with van der Waals surface area (Å²) in [5.74, 6) is 0.277. The molecule has 0 aliphatic carbocycles. The highest BCUT2D eigenvalue weighted by molar-refractivity contribution is 7.80. The number of hydrogen-bond acceptors (Lipinski definition) is 4. The number of halogens is 2. The highest BCUT2D eigenvalue weighted by Gasteiger charge is 2.23. The molecule has 1 aromatic carbocycles. The average Bonchev–Trinajstić information content (AvgIpc) is 2.67. The molecule has 0 amide bonds. The normalized spacial score (nSPS) is 17.0. The topological polar surface area (TPSA) is 46.6 Å². The highest BCUT2D eigenvalue weighted by atomic mass is 35.5.